The molecule has 0 saturated carbocycles. The summed E-state index contributed by atoms with van der Waals surface area (Å²) in [6.07, 6.45) is 27.3. The van der Waals surface area contributed by atoms with E-state index in [0.29, 0.717) is 0 Å². The van der Waals surface area contributed by atoms with Gasteiger partial charge < -0.3 is 5.32 Å². The van der Waals surface area contributed by atoms with E-state index in [-0.39, 0.29) is 0 Å². The van der Waals surface area contributed by atoms with Crippen molar-refractivity contribution in [1.82, 2.24) is 5.32 Å². The number of rotatable bonds is 22. The maximum Gasteiger partial charge on any atom is -0.00489 e. The van der Waals surface area contributed by atoms with Crippen LogP contribution in [0.5, 0.6) is 0 Å². The zero-order valence-corrected chi connectivity index (χ0v) is 18.9. The number of unbranched alkanes of at least 4 members (excludes halogenated alkanes) is 16. The fourth-order valence-corrected chi connectivity index (χ4v) is 3.73. The smallest absolute Gasteiger partial charge is 0.00489 e. The third kappa shape index (κ3) is 24.0. The Morgan fingerprint density at radius 3 is 1.19 bits per heavy atom. The number of hydrogen-bond donors (Lipinski definition) is 1. The summed E-state index contributed by atoms with van der Waals surface area (Å²) in [6.45, 7) is 9.46. The highest BCUT2D eigenvalue weighted by molar-refractivity contribution is 4.53. The van der Waals surface area contributed by atoms with Crippen molar-refractivity contribution in [3.8, 4) is 0 Å². The molecule has 0 aromatic heterocycles. The minimum absolute atomic E-state index is 0.892. The van der Waals surface area contributed by atoms with Crippen LogP contribution < -0.4 is 5.32 Å². The van der Waals surface area contributed by atoms with Crippen molar-refractivity contribution >= 4 is 0 Å². The summed E-state index contributed by atoms with van der Waals surface area (Å²) >= 11 is 0. The molecule has 0 spiro atoms. The molecule has 1 nitrogen and oxygen atoms in total. The van der Waals surface area contributed by atoms with E-state index >= 15 is 0 Å². The van der Waals surface area contributed by atoms with Gasteiger partial charge >= 0.3 is 0 Å². The van der Waals surface area contributed by atoms with Crippen molar-refractivity contribution in [2.45, 2.75) is 143 Å². The van der Waals surface area contributed by atoms with E-state index in [1.54, 1.807) is 0 Å². The van der Waals surface area contributed by atoms with Gasteiger partial charge in [-0.2, -0.15) is 0 Å². The molecule has 26 heavy (non-hydrogen) atoms. The highest BCUT2D eigenvalue weighted by Crippen LogP contribution is 2.12. The summed E-state index contributed by atoms with van der Waals surface area (Å²) in [5.41, 5.74) is 0. The standard InChI is InChI=1S/C25H53N/c1-4-5-6-7-8-9-11-14-17-20-23-26-24-21-18-15-12-10-13-16-19-22-25(2)3/h25-26H,4-24H2,1-3H3. The largest absolute Gasteiger partial charge is 0.317 e. The Bertz CT molecular complexity index is 236. The van der Waals surface area contributed by atoms with Gasteiger partial charge in [-0.3, -0.25) is 0 Å². The fourth-order valence-electron chi connectivity index (χ4n) is 3.73. The van der Waals surface area contributed by atoms with E-state index in [2.05, 4.69) is 26.1 Å². The van der Waals surface area contributed by atoms with Crippen LogP contribution in [0.25, 0.3) is 0 Å². The van der Waals surface area contributed by atoms with Crippen LogP contribution in [0.15, 0.2) is 0 Å². The van der Waals surface area contributed by atoms with Gasteiger partial charge in [-0.05, 0) is 31.8 Å². The maximum absolute atomic E-state index is 3.64. The molecule has 0 atom stereocenters. The molecule has 0 rings (SSSR count). The SMILES string of the molecule is CCCCCCCCCCCCNCCCCCCCCCCC(C)C. The second-order valence-corrected chi connectivity index (χ2v) is 8.94. The average Bonchev–Trinajstić information content (AvgIpc) is 2.62. The summed E-state index contributed by atoms with van der Waals surface area (Å²) in [6, 6.07) is 0. The number of nitrogens with one attached hydrogen (secondary N) is 1. The lowest BCUT2D eigenvalue weighted by Gasteiger charge is -2.06. The third-order valence-corrected chi connectivity index (χ3v) is 5.59. The Morgan fingerprint density at radius 1 is 0.462 bits per heavy atom. The predicted octanol–water partition coefficient (Wildman–Crippen LogP) is 8.66. The molecule has 0 fully saturated rings. The van der Waals surface area contributed by atoms with Gasteiger partial charge in [0.05, 0.1) is 0 Å². The van der Waals surface area contributed by atoms with Gasteiger partial charge in [0, 0.05) is 0 Å². The molecule has 0 heterocycles. The van der Waals surface area contributed by atoms with Crippen LogP contribution in [0.2, 0.25) is 0 Å². The zero-order valence-electron chi connectivity index (χ0n) is 18.9. The van der Waals surface area contributed by atoms with Crippen molar-refractivity contribution in [3.05, 3.63) is 0 Å². The van der Waals surface area contributed by atoms with Crippen molar-refractivity contribution in [2.24, 2.45) is 5.92 Å². The quantitative estimate of drug-likeness (QED) is 0.189. The zero-order chi connectivity index (χ0) is 19.1. The Hall–Kier alpha value is -0.0400. The molecule has 0 radical (unpaired) electrons. The molecule has 158 valence electrons. The third-order valence-electron chi connectivity index (χ3n) is 5.59. The van der Waals surface area contributed by atoms with Crippen molar-refractivity contribution in [2.75, 3.05) is 13.1 Å². The van der Waals surface area contributed by atoms with Gasteiger partial charge in [-0.25, -0.2) is 0 Å². The minimum atomic E-state index is 0.892. The topological polar surface area (TPSA) is 12.0 Å². The maximum atomic E-state index is 3.64. The van der Waals surface area contributed by atoms with Crippen molar-refractivity contribution in [1.29, 1.82) is 0 Å². The lowest BCUT2D eigenvalue weighted by atomic mass is 10.0. The molecule has 0 aliphatic carbocycles. The second-order valence-electron chi connectivity index (χ2n) is 8.94. The van der Waals surface area contributed by atoms with Crippen LogP contribution in [0.1, 0.15) is 143 Å². The molecule has 0 bridgehead atoms. The van der Waals surface area contributed by atoms with Gasteiger partial charge in [-0.15, -0.1) is 0 Å². The van der Waals surface area contributed by atoms with Crippen LogP contribution in [-0.4, -0.2) is 13.1 Å². The van der Waals surface area contributed by atoms with Crippen LogP contribution in [-0.2, 0) is 0 Å². The molecule has 0 unspecified atom stereocenters. The van der Waals surface area contributed by atoms with E-state index in [1.807, 2.05) is 0 Å². The van der Waals surface area contributed by atoms with Gasteiger partial charge in [0.2, 0.25) is 0 Å². The van der Waals surface area contributed by atoms with Gasteiger partial charge in [0.1, 0.15) is 0 Å². The van der Waals surface area contributed by atoms with Crippen LogP contribution in [0.3, 0.4) is 0 Å². The van der Waals surface area contributed by atoms with E-state index < -0.39 is 0 Å². The van der Waals surface area contributed by atoms with Crippen LogP contribution in [0, 0.1) is 5.92 Å². The summed E-state index contributed by atoms with van der Waals surface area (Å²) in [5.74, 6) is 0.892. The summed E-state index contributed by atoms with van der Waals surface area (Å²) in [7, 11) is 0. The first-order chi connectivity index (χ1) is 12.8. The van der Waals surface area contributed by atoms with E-state index in [1.165, 1.54) is 135 Å². The molecule has 1 heteroatoms. The summed E-state index contributed by atoms with van der Waals surface area (Å²) in [4.78, 5) is 0. The normalized spacial score (nSPS) is 11.5. The highest BCUT2D eigenvalue weighted by Gasteiger charge is 1.96. The van der Waals surface area contributed by atoms with E-state index in [9.17, 15) is 0 Å². The molecule has 0 saturated heterocycles. The molecule has 0 aromatic carbocycles. The second kappa shape index (κ2) is 23.0. The molecule has 0 aliphatic heterocycles. The van der Waals surface area contributed by atoms with Gasteiger partial charge in [0.25, 0.3) is 0 Å². The Balaban J connectivity index is 2.97. The molecule has 1 N–H and O–H groups in total. The lowest BCUT2D eigenvalue weighted by molar-refractivity contribution is 0.503. The Morgan fingerprint density at radius 2 is 0.808 bits per heavy atom. The van der Waals surface area contributed by atoms with Gasteiger partial charge in [0.15, 0.2) is 0 Å². The first-order valence-electron chi connectivity index (χ1n) is 12.5. The van der Waals surface area contributed by atoms with E-state index in [4.69, 9.17) is 0 Å². The predicted molar refractivity (Wildman–Crippen MR) is 121 cm³/mol. The van der Waals surface area contributed by atoms with Crippen molar-refractivity contribution in [3.63, 3.8) is 0 Å². The lowest BCUT2D eigenvalue weighted by Crippen LogP contribution is -2.16. The van der Waals surface area contributed by atoms with Gasteiger partial charge in [-0.1, -0.05) is 130 Å². The molecule has 0 amide bonds. The Kier molecular flexibility index (Phi) is 23.0. The fraction of sp³-hybridized carbons (Fsp3) is 1.00. The highest BCUT2D eigenvalue weighted by atomic mass is 14.8. The first kappa shape index (κ1) is 26.0. The first-order valence-corrected chi connectivity index (χ1v) is 12.5. The number of hydrogen-bond acceptors (Lipinski definition) is 1. The average molecular weight is 368 g/mol. The summed E-state index contributed by atoms with van der Waals surface area (Å²) < 4.78 is 0. The van der Waals surface area contributed by atoms with Crippen LogP contribution in [0.4, 0.5) is 0 Å². The van der Waals surface area contributed by atoms with E-state index in [0.717, 1.165) is 5.92 Å². The molecule has 0 aliphatic rings. The van der Waals surface area contributed by atoms with Crippen molar-refractivity contribution < 1.29 is 0 Å². The molecule has 0 aromatic rings. The summed E-state index contributed by atoms with van der Waals surface area (Å²) in [5, 5.41) is 3.64. The monoisotopic (exact) mass is 367 g/mol. The van der Waals surface area contributed by atoms with Crippen LogP contribution >= 0.6 is 0 Å². The minimum Gasteiger partial charge on any atom is -0.317 e. The molecular formula is C25H53N. The molecular weight excluding hydrogens is 314 g/mol. The Labute approximate surface area is 167 Å².